The molecule has 2 unspecified atom stereocenters. The van der Waals surface area contributed by atoms with Gasteiger partial charge in [-0.3, -0.25) is 9.78 Å². The van der Waals surface area contributed by atoms with Crippen molar-refractivity contribution in [3.63, 3.8) is 0 Å². The highest BCUT2D eigenvalue weighted by Gasteiger charge is 2.34. The van der Waals surface area contributed by atoms with Crippen LogP contribution in [-0.4, -0.2) is 23.0 Å². The van der Waals surface area contributed by atoms with Crippen LogP contribution in [0, 0.1) is 12.8 Å². The Hall–Kier alpha value is -2.40. The molecule has 1 amide bonds. The molecule has 136 valence electrons. The minimum absolute atomic E-state index is 0.108. The van der Waals surface area contributed by atoms with E-state index in [-0.39, 0.29) is 5.91 Å². The number of ether oxygens (including phenoxy) is 1. The molecule has 0 saturated carbocycles. The lowest BCUT2D eigenvalue weighted by atomic mass is 9.89. The van der Waals surface area contributed by atoms with Gasteiger partial charge in [0.15, 0.2) is 0 Å². The second-order valence-corrected chi connectivity index (χ2v) is 7.50. The van der Waals surface area contributed by atoms with Crippen LogP contribution in [0.15, 0.2) is 42.7 Å². The van der Waals surface area contributed by atoms with E-state index in [2.05, 4.69) is 15.6 Å². The molecule has 3 heterocycles. The minimum atomic E-state index is 0.108. The van der Waals surface area contributed by atoms with Crippen LogP contribution in [0.1, 0.15) is 37.7 Å². The molecule has 5 heteroatoms. The number of carbonyl (C=O) groups excluding carboxylic acids is 1. The fraction of sp³-hybridized carbons (Fsp3) is 0.429. The first kappa shape index (κ1) is 17.0. The average Bonchev–Trinajstić information content (AvgIpc) is 2.96. The summed E-state index contributed by atoms with van der Waals surface area (Å²) >= 11 is 0. The van der Waals surface area contributed by atoms with Crippen LogP contribution in [0.25, 0.3) is 0 Å². The topological polar surface area (TPSA) is 63.2 Å². The van der Waals surface area contributed by atoms with Gasteiger partial charge < -0.3 is 15.4 Å². The number of carbonyl (C=O) groups is 1. The summed E-state index contributed by atoms with van der Waals surface area (Å²) in [7, 11) is 0. The predicted molar refractivity (Wildman–Crippen MR) is 101 cm³/mol. The highest BCUT2D eigenvalue weighted by molar-refractivity contribution is 5.91. The summed E-state index contributed by atoms with van der Waals surface area (Å²) in [6, 6.07) is 10.7. The number of amides is 1. The summed E-state index contributed by atoms with van der Waals surface area (Å²) in [5.74, 6) is 2.08. The third-order valence-electron chi connectivity index (χ3n) is 5.37. The van der Waals surface area contributed by atoms with Gasteiger partial charge in [0.1, 0.15) is 11.5 Å². The van der Waals surface area contributed by atoms with Crippen LogP contribution in [-0.2, 0) is 4.79 Å². The van der Waals surface area contributed by atoms with Crippen molar-refractivity contribution in [1.82, 2.24) is 10.3 Å². The number of piperidine rings is 1. The molecule has 2 atom stereocenters. The van der Waals surface area contributed by atoms with Gasteiger partial charge in [-0.2, -0.15) is 0 Å². The number of rotatable bonds is 5. The Bertz CT molecular complexity index is 766. The monoisotopic (exact) mass is 351 g/mol. The Morgan fingerprint density at radius 3 is 2.77 bits per heavy atom. The number of anilines is 1. The lowest BCUT2D eigenvalue weighted by molar-refractivity contribution is -0.117. The van der Waals surface area contributed by atoms with Crippen molar-refractivity contribution >= 4 is 11.6 Å². The second-order valence-electron chi connectivity index (χ2n) is 7.50. The third-order valence-corrected chi connectivity index (χ3v) is 5.37. The Kier molecular flexibility index (Phi) is 4.89. The van der Waals surface area contributed by atoms with Gasteiger partial charge in [0, 0.05) is 30.4 Å². The maximum Gasteiger partial charge on any atom is 0.224 e. The highest BCUT2D eigenvalue weighted by Crippen LogP contribution is 2.33. The van der Waals surface area contributed by atoms with Gasteiger partial charge in [0.2, 0.25) is 5.91 Å². The Labute approximate surface area is 154 Å². The first-order chi connectivity index (χ1) is 12.7. The molecule has 0 aliphatic carbocycles. The summed E-state index contributed by atoms with van der Waals surface area (Å²) in [5.41, 5.74) is 1.80. The molecule has 2 aliphatic rings. The number of hydrogen-bond acceptors (Lipinski definition) is 4. The summed E-state index contributed by atoms with van der Waals surface area (Å²) in [5, 5.41) is 6.67. The molecule has 1 aromatic carbocycles. The van der Waals surface area contributed by atoms with Crippen LogP contribution >= 0.6 is 0 Å². The van der Waals surface area contributed by atoms with Gasteiger partial charge in [-0.15, -0.1) is 0 Å². The van der Waals surface area contributed by atoms with Crippen molar-refractivity contribution in [2.75, 3.05) is 5.32 Å². The molecule has 2 bridgehead atoms. The molecule has 4 rings (SSSR count). The largest absolute Gasteiger partial charge is 0.455 e. The molecule has 2 fully saturated rings. The minimum Gasteiger partial charge on any atom is -0.455 e. The van der Waals surface area contributed by atoms with Gasteiger partial charge in [-0.25, -0.2) is 0 Å². The molecular weight excluding hydrogens is 326 g/mol. The van der Waals surface area contributed by atoms with Gasteiger partial charge in [0.25, 0.3) is 0 Å². The van der Waals surface area contributed by atoms with E-state index in [9.17, 15) is 4.79 Å². The lowest BCUT2D eigenvalue weighted by Crippen LogP contribution is -2.39. The number of nitrogens with zero attached hydrogens (tertiary/aromatic N) is 1. The van der Waals surface area contributed by atoms with Crippen LogP contribution < -0.4 is 15.4 Å². The molecule has 2 N–H and O–H groups in total. The number of aromatic nitrogens is 1. The predicted octanol–water partition coefficient (Wildman–Crippen LogP) is 4.04. The van der Waals surface area contributed by atoms with Crippen LogP contribution in [0.5, 0.6) is 11.5 Å². The number of pyridine rings is 1. The summed E-state index contributed by atoms with van der Waals surface area (Å²) in [4.78, 5) is 16.5. The molecule has 0 radical (unpaired) electrons. The Balaban J connectivity index is 1.34. The SMILES string of the molecule is Cc1cc(NC(=O)CC2CC3CCC(C2)N3)ccc1Oc1cccnc1. The summed E-state index contributed by atoms with van der Waals surface area (Å²) < 4.78 is 5.84. The van der Waals surface area contributed by atoms with Gasteiger partial charge in [-0.05, 0) is 74.4 Å². The van der Waals surface area contributed by atoms with Crippen molar-refractivity contribution < 1.29 is 9.53 Å². The first-order valence-corrected chi connectivity index (χ1v) is 9.40. The zero-order valence-corrected chi connectivity index (χ0v) is 15.1. The normalized spacial score (nSPS) is 24.3. The number of nitrogens with one attached hydrogen (secondary N) is 2. The molecule has 1 aromatic heterocycles. The van der Waals surface area contributed by atoms with Crippen LogP contribution in [0.3, 0.4) is 0 Å². The quantitative estimate of drug-likeness (QED) is 0.853. The molecule has 0 spiro atoms. The fourth-order valence-electron chi connectivity index (χ4n) is 4.19. The van der Waals surface area contributed by atoms with Crippen molar-refractivity contribution in [3.8, 4) is 11.5 Å². The van der Waals surface area contributed by atoms with E-state index in [1.807, 2.05) is 37.3 Å². The first-order valence-electron chi connectivity index (χ1n) is 9.40. The highest BCUT2D eigenvalue weighted by atomic mass is 16.5. The molecule has 26 heavy (non-hydrogen) atoms. The van der Waals surface area contributed by atoms with E-state index in [4.69, 9.17) is 4.74 Å². The number of aryl methyl sites for hydroxylation is 1. The lowest BCUT2D eigenvalue weighted by Gasteiger charge is -2.28. The van der Waals surface area contributed by atoms with Gasteiger partial charge >= 0.3 is 0 Å². The van der Waals surface area contributed by atoms with Gasteiger partial charge in [-0.1, -0.05) is 0 Å². The second kappa shape index (κ2) is 7.46. The fourth-order valence-corrected chi connectivity index (χ4v) is 4.19. The molecule has 2 aromatic rings. The van der Waals surface area contributed by atoms with Crippen molar-refractivity contribution in [2.45, 2.75) is 51.1 Å². The van der Waals surface area contributed by atoms with Crippen molar-refractivity contribution in [1.29, 1.82) is 0 Å². The molecule has 2 aliphatic heterocycles. The molecule has 5 nitrogen and oxygen atoms in total. The van der Waals surface area contributed by atoms with Crippen LogP contribution in [0.2, 0.25) is 0 Å². The number of benzene rings is 1. The van der Waals surface area contributed by atoms with Crippen molar-refractivity contribution in [3.05, 3.63) is 48.3 Å². The van der Waals surface area contributed by atoms with E-state index in [0.29, 0.717) is 30.2 Å². The third kappa shape index (κ3) is 4.05. The molecule has 2 saturated heterocycles. The van der Waals surface area contributed by atoms with Gasteiger partial charge in [0.05, 0.1) is 6.20 Å². The van der Waals surface area contributed by atoms with E-state index in [1.54, 1.807) is 12.4 Å². The van der Waals surface area contributed by atoms with E-state index < -0.39 is 0 Å². The molecular formula is C21H25N3O2. The maximum absolute atomic E-state index is 12.4. The maximum atomic E-state index is 12.4. The van der Waals surface area contributed by atoms with E-state index >= 15 is 0 Å². The summed E-state index contributed by atoms with van der Waals surface area (Å²) in [6.45, 7) is 1.98. The average molecular weight is 351 g/mol. The standard InChI is InChI=1S/C21H25N3O2/c1-14-9-16(6-7-20(14)26-19-3-2-8-22-13-19)24-21(25)12-15-10-17-4-5-18(11-15)23-17/h2-3,6-9,13,15,17-18,23H,4-5,10-12H2,1H3,(H,24,25). The number of hydrogen-bond donors (Lipinski definition) is 2. The Morgan fingerprint density at radius 1 is 1.27 bits per heavy atom. The number of fused-ring (bicyclic) bond motifs is 2. The smallest absolute Gasteiger partial charge is 0.224 e. The van der Waals surface area contributed by atoms with Crippen molar-refractivity contribution in [2.24, 2.45) is 5.92 Å². The summed E-state index contributed by atoms with van der Waals surface area (Å²) in [6.07, 6.45) is 8.79. The zero-order valence-electron chi connectivity index (χ0n) is 15.1. The van der Waals surface area contributed by atoms with Crippen LogP contribution in [0.4, 0.5) is 5.69 Å². The van der Waals surface area contributed by atoms with E-state index in [1.165, 1.54) is 12.8 Å². The Morgan fingerprint density at radius 2 is 2.08 bits per heavy atom. The van der Waals surface area contributed by atoms with E-state index in [0.717, 1.165) is 29.8 Å². The zero-order chi connectivity index (χ0) is 17.9.